The van der Waals surface area contributed by atoms with Gasteiger partial charge in [-0.25, -0.2) is 4.39 Å². The first-order chi connectivity index (χ1) is 7.70. The first-order valence-corrected chi connectivity index (χ1v) is 4.85. The molecule has 16 heavy (non-hydrogen) atoms. The van der Waals surface area contributed by atoms with E-state index in [9.17, 15) is 4.39 Å². The van der Waals surface area contributed by atoms with Gasteiger partial charge in [0, 0.05) is 12.1 Å². The van der Waals surface area contributed by atoms with Crippen LogP contribution in [0.5, 0.6) is 5.75 Å². The Morgan fingerprint density at radius 3 is 2.81 bits per heavy atom. The molecule has 0 radical (unpaired) electrons. The molecule has 1 heterocycles. The third kappa shape index (κ3) is 1.98. The van der Waals surface area contributed by atoms with Crippen molar-refractivity contribution in [2.75, 3.05) is 12.3 Å². The zero-order valence-electron chi connectivity index (χ0n) is 8.74. The molecule has 0 aliphatic carbocycles. The molecular weight excluding hydrogens is 211 g/mol. The predicted octanol–water partition coefficient (Wildman–Crippen LogP) is 2.46. The fourth-order valence-electron chi connectivity index (χ4n) is 1.37. The lowest BCUT2D eigenvalue weighted by molar-refractivity contribution is 0.338. The molecule has 0 amide bonds. The molecule has 0 saturated heterocycles. The van der Waals surface area contributed by atoms with Gasteiger partial charge in [-0.1, -0.05) is 5.16 Å². The number of nitrogens with two attached hydrogens (primary N) is 1. The smallest absolute Gasteiger partial charge is 0.172 e. The summed E-state index contributed by atoms with van der Waals surface area (Å²) in [6.45, 7) is 2.33. The van der Waals surface area contributed by atoms with Crippen molar-refractivity contribution in [2.24, 2.45) is 0 Å². The molecule has 5 heteroatoms. The number of rotatable bonds is 3. The SMILES string of the molecule is CCOc1ccc(-c2cc(N)no2)c(F)c1. The van der Waals surface area contributed by atoms with Crippen LogP contribution < -0.4 is 10.5 Å². The summed E-state index contributed by atoms with van der Waals surface area (Å²) in [4.78, 5) is 0. The van der Waals surface area contributed by atoms with E-state index in [4.69, 9.17) is 15.0 Å². The minimum atomic E-state index is -0.429. The molecule has 0 aliphatic rings. The van der Waals surface area contributed by atoms with Crippen molar-refractivity contribution in [2.45, 2.75) is 6.92 Å². The molecule has 0 atom stereocenters. The Balaban J connectivity index is 2.36. The Bertz CT molecular complexity index is 496. The summed E-state index contributed by atoms with van der Waals surface area (Å²) in [6, 6.07) is 6.01. The number of ether oxygens (including phenoxy) is 1. The normalized spacial score (nSPS) is 10.4. The fraction of sp³-hybridized carbons (Fsp3) is 0.182. The van der Waals surface area contributed by atoms with Gasteiger partial charge in [-0.3, -0.25) is 0 Å². The first kappa shape index (κ1) is 10.5. The number of anilines is 1. The molecular formula is C11H11FN2O2. The summed E-state index contributed by atoms with van der Waals surface area (Å²) in [5.74, 6) is 0.583. The van der Waals surface area contributed by atoms with Gasteiger partial charge in [0.1, 0.15) is 11.6 Å². The second kappa shape index (κ2) is 4.22. The predicted molar refractivity (Wildman–Crippen MR) is 57.5 cm³/mol. The second-order valence-corrected chi connectivity index (χ2v) is 3.19. The molecule has 1 aromatic carbocycles. The van der Waals surface area contributed by atoms with Crippen LogP contribution in [0.3, 0.4) is 0 Å². The van der Waals surface area contributed by atoms with E-state index in [1.807, 2.05) is 6.92 Å². The Morgan fingerprint density at radius 2 is 2.25 bits per heavy atom. The van der Waals surface area contributed by atoms with E-state index in [1.54, 1.807) is 12.1 Å². The highest BCUT2D eigenvalue weighted by Gasteiger charge is 2.11. The maximum absolute atomic E-state index is 13.7. The molecule has 0 saturated carbocycles. The summed E-state index contributed by atoms with van der Waals surface area (Å²) in [5, 5.41) is 3.50. The molecule has 2 rings (SSSR count). The Labute approximate surface area is 91.8 Å². The van der Waals surface area contributed by atoms with Gasteiger partial charge in [0.25, 0.3) is 0 Å². The molecule has 0 bridgehead atoms. The summed E-state index contributed by atoms with van der Waals surface area (Å²) in [7, 11) is 0. The van der Waals surface area contributed by atoms with Crippen molar-refractivity contribution < 1.29 is 13.7 Å². The minimum absolute atomic E-state index is 0.225. The molecule has 1 aromatic heterocycles. The van der Waals surface area contributed by atoms with Gasteiger partial charge >= 0.3 is 0 Å². The lowest BCUT2D eigenvalue weighted by Gasteiger charge is -2.04. The third-order valence-electron chi connectivity index (χ3n) is 2.05. The van der Waals surface area contributed by atoms with Crippen molar-refractivity contribution >= 4 is 5.82 Å². The van der Waals surface area contributed by atoms with Gasteiger partial charge in [0.05, 0.1) is 12.2 Å². The maximum atomic E-state index is 13.7. The molecule has 0 spiro atoms. The number of hydrogen-bond donors (Lipinski definition) is 1. The average Bonchev–Trinajstić information content (AvgIpc) is 2.65. The number of nitrogens with zero attached hydrogens (tertiary/aromatic N) is 1. The largest absolute Gasteiger partial charge is 0.494 e. The zero-order valence-corrected chi connectivity index (χ0v) is 8.74. The van der Waals surface area contributed by atoms with Crippen molar-refractivity contribution in [3.63, 3.8) is 0 Å². The molecule has 2 N–H and O–H groups in total. The fourth-order valence-corrected chi connectivity index (χ4v) is 1.37. The van der Waals surface area contributed by atoms with Crippen LogP contribution in [0.15, 0.2) is 28.8 Å². The summed E-state index contributed by atoms with van der Waals surface area (Å²) in [5.41, 5.74) is 5.70. The van der Waals surface area contributed by atoms with E-state index in [0.717, 1.165) is 0 Å². The number of nitrogen functional groups attached to an aromatic ring is 1. The van der Waals surface area contributed by atoms with Gasteiger partial charge in [0.15, 0.2) is 11.6 Å². The molecule has 2 aromatic rings. The van der Waals surface area contributed by atoms with E-state index in [1.165, 1.54) is 12.1 Å². The molecule has 0 fully saturated rings. The topological polar surface area (TPSA) is 61.3 Å². The summed E-state index contributed by atoms with van der Waals surface area (Å²) >= 11 is 0. The van der Waals surface area contributed by atoms with Gasteiger partial charge in [-0.2, -0.15) is 0 Å². The number of hydrogen-bond acceptors (Lipinski definition) is 4. The highest BCUT2D eigenvalue weighted by atomic mass is 19.1. The van der Waals surface area contributed by atoms with Gasteiger partial charge in [-0.05, 0) is 19.1 Å². The van der Waals surface area contributed by atoms with E-state index >= 15 is 0 Å². The van der Waals surface area contributed by atoms with Crippen LogP contribution in [0.4, 0.5) is 10.2 Å². The molecule has 0 aliphatic heterocycles. The highest BCUT2D eigenvalue weighted by molar-refractivity contribution is 5.61. The second-order valence-electron chi connectivity index (χ2n) is 3.19. The average molecular weight is 222 g/mol. The Hall–Kier alpha value is -2.04. The number of aromatic nitrogens is 1. The van der Waals surface area contributed by atoms with Gasteiger partial charge in [0.2, 0.25) is 0 Å². The summed E-state index contributed by atoms with van der Waals surface area (Å²) < 4.78 is 23.7. The molecule has 4 nitrogen and oxygen atoms in total. The highest BCUT2D eigenvalue weighted by Crippen LogP contribution is 2.27. The summed E-state index contributed by atoms with van der Waals surface area (Å²) in [6.07, 6.45) is 0. The third-order valence-corrected chi connectivity index (χ3v) is 2.05. The number of halogens is 1. The first-order valence-electron chi connectivity index (χ1n) is 4.85. The zero-order chi connectivity index (χ0) is 11.5. The van der Waals surface area contributed by atoms with Crippen LogP contribution in [0.2, 0.25) is 0 Å². The number of benzene rings is 1. The van der Waals surface area contributed by atoms with Crippen LogP contribution in [-0.4, -0.2) is 11.8 Å². The minimum Gasteiger partial charge on any atom is -0.494 e. The Morgan fingerprint density at radius 1 is 1.44 bits per heavy atom. The van der Waals surface area contributed by atoms with E-state index in [2.05, 4.69) is 5.16 Å². The standard InChI is InChI=1S/C11H11FN2O2/c1-2-15-7-3-4-8(9(12)5-7)10-6-11(13)14-16-10/h3-6H,2H2,1H3,(H2,13,14). The van der Waals surface area contributed by atoms with Crippen LogP contribution in [-0.2, 0) is 0 Å². The lowest BCUT2D eigenvalue weighted by atomic mass is 10.1. The molecule has 0 unspecified atom stereocenters. The van der Waals surface area contributed by atoms with E-state index in [0.29, 0.717) is 23.7 Å². The molecule has 84 valence electrons. The quantitative estimate of drug-likeness (QED) is 0.866. The van der Waals surface area contributed by atoms with Crippen molar-refractivity contribution in [1.82, 2.24) is 5.16 Å². The Kier molecular flexibility index (Phi) is 2.76. The lowest BCUT2D eigenvalue weighted by Crippen LogP contribution is -1.92. The monoisotopic (exact) mass is 222 g/mol. The maximum Gasteiger partial charge on any atom is 0.172 e. The van der Waals surface area contributed by atoms with E-state index < -0.39 is 5.82 Å². The van der Waals surface area contributed by atoms with E-state index in [-0.39, 0.29) is 5.82 Å². The van der Waals surface area contributed by atoms with Crippen molar-refractivity contribution in [3.05, 3.63) is 30.1 Å². The van der Waals surface area contributed by atoms with Crippen LogP contribution >= 0.6 is 0 Å². The van der Waals surface area contributed by atoms with Gasteiger partial charge < -0.3 is 15.0 Å². The van der Waals surface area contributed by atoms with Crippen LogP contribution in [0.25, 0.3) is 11.3 Å². The van der Waals surface area contributed by atoms with Crippen LogP contribution in [0.1, 0.15) is 6.92 Å². The van der Waals surface area contributed by atoms with Crippen LogP contribution in [0, 0.1) is 5.82 Å². The van der Waals surface area contributed by atoms with Gasteiger partial charge in [-0.15, -0.1) is 0 Å². The van der Waals surface area contributed by atoms with Crippen molar-refractivity contribution in [1.29, 1.82) is 0 Å². The van der Waals surface area contributed by atoms with Crippen molar-refractivity contribution in [3.8, 4) is 17.1 Å².